The van der Waals surface area contributed by atoms with Gasteiger partial charge in [0.05, 0.1) is 11.4 Å². The minimum absolute atomic E-state index is 0.114. The summed E-state index contributed by atoms with van der Waals surface area (Å²) in [5.74, 6) is -0.959. The van der Waals surface area contributed by atoms with Crippen LogP contribution in [0.4, 0.5) is 15.8 Å². The molecule has 0 unspecified atom stereocenters. The van der Waals surface area contributed by atoms with Crippen LogP contribution in [0.1, 0.15) is 15.2 Å². The van der Waals surface area contributed by atoms with Crippen molar-refractivity contribution in [3.05, 3.63) is 46.9 Å². The van der Waals surface area contributed by atoms with Crippen LogP contribution in [0.5, 0.6) is 0 Å². The molecule has 1 amide bonds. The van der Waals surface area contributed by atoms with Crippen molar-refractivity contribution >= 4 is 39.0 Å². The van der Waals surface area contributed by atoms with Crippen LogP contribution in [0.3, 0.4) is 0 Å². The SMILES string of the molecule is Cc1ccc(NC(=O)c2sc3nccnc3c2N)c(F)c1. The summed E-state index contributed by atoms with van der Waals surface area (Å²) in [4.78, 5) is 21.3. The Hall–Kier alpha value is -2.54. The lowest BCUT2D eigenvalue weighted by atomic mass is 10.2. The predicted molar refractivity (Wildman–Crippen MR) is 80.9 cm³/mol. The minimum Gasteiger partial charge on any atom is -0.396 e. The molecule has 3 aromatic rings. The molecular weight excluding hydrogens is 291 g/mol. The van der Waals surface area contributed by atoms with Gasteiger partial charge in [-0.05, 0) is 24.6 Å². The van der Waals surface area contributed by atoms with Gasteiger partial charge in [-0.2, -0.15) is 0 Å². The number of aromatic nitrogens is 2. The van der Waals surface area contributed by atoms with E-state index in [2.05, 4.69) is 15.3 Å². The van der Waals surface area contributed by atoms with E-state index in [-0.39, 0.29) is 16.3 Å². The Morgan fingerprint density at radius 1 is 1.33 bits per heavy atom. The molecule has 0 aliphatic carbocycles. The topological polar surface area (TPSA) is 80.9 Å². The van der Waals surface area contributed by atoms with Crippen molar-refractivity contribution in [2.45, 2.75) is 6.92 Å². The van der Waals surface area contributed by atoms with E-state index in [4.69, 9.17) is 5.73 Å². The third-order valence-electron chi connectivity index (χ3n) is 2.94. The summed E-state index contributed by atoms with van der Waals surface area (Å²) in [6, 6.07) is 4.59. The van der Waals surface area contributed by atoms with Gasteiger partial charge in [-0.1, -0.05) is 6.07 Å². The largest absolute Gasteiger partial charge is 0.396 e. The van der Waals surface area contributed by atoms with Crippen LogP contribution in [0.25, 0.3) is 10.3 Å². The normalized spacial score (nSPS) is 10.8. The second-order valence-corrected chi connectivity index (χ2v) is 5.49. The number of nitrogens with one attached hydrogen (secondary N) is 1. The number of anilines is 2. The van der Waals surface area contributed by atoms with Gasteiger partial charge in [-0.15, -0.1) is 11.3 Å². The Labute approximate surface area is 123 Å². The number of carbonyl (C=O) groups excluding carboxylic acids is 1. The second kappa shape index (κ2) is 5.10. The van der Waals surface area contributed by atoms with Gasteiger partial charge in [0.1, 0.15) is 21.0 Å². The van der Waals surface area contributed by atoms with E-state index >= 15 is 0 Å². The first-order chi connectivity index (χ1) is 10.1. The highest BCUT2D eigenvalue weighted by atomic mass is 32.1. The summed E-state index contributed by atoms with van der Waals surface area (Å²) in [5.41, 5.74) is 7.54. The molecule has 3 rings (SSSR count). The predicted octanol–water partition coefficient (Wildman–Crippen LogP) is 2.97. The quantitative estimate of drug-likeness (QED) is 0.762. The molecule has 0 fully saturated rings. The molecule has 0 radical (unpaired) electrons. The van der Waals surface area contributed by atoms with Crippen molar-refractivity contribution in [3.8, 4) is 0 Å². The fraction of sp³-hybridized carbons (Fsp3) is 0.0714. The number of thiophene rings is 1. The summed E-state index contributed by atoms with van der Waals surface area (Å²) >= 11 is 1.13. The lowest BCUT2D eigenvalue weighted by Gasteiger charge is -2.06. The van der Waals surface area contributed by atoms with E-state index in [1.54, 1.807) is 13.0 Å². The Morgan fingerprint density at radius 3 is 2.81 bits per heavy atom. The van der Waals surface area contributed by atoms with Crippen LogP contribution in [0.15, 0.2) is 30.6 Å². The van der Waals surface area contributed by atoms with Gasteiger partial charge in [-0.25, -0.2) is 14.4 Å². The van der Waals surface area contributed by atoms with Gasteiger partial charge in [-0.3, -0.25) is 4.79 Å². The molecule has 0 saturated heterocycles. The van der Waals surface area contributed by atoms with Gasteiger partial charge in [0.25, 0.3) is 5.91 Å². The van der Waals surface area contributed by atoms with Crippen molar-refractivity contribution in [3.63, 3.8) is 0 Å². The second-order valence-electron chi connectivity index (χ2n) is 4.49. The smallest absolute Gasteiger partial charge is 0.268 e. The summed E-state index contributed by atoms with van der Waals surface area (Å²) in [7, 11) is 0. The fourth-order valence-electron chi connectivity index (χ4n) is 1.91. The number of nitrogens with two attached hydrogens (primary N) is 1. The van der Waals surface area contributed by atoms with Crippen LogP contribution < -0.4 is 11.1 Å². The lowest BCUT2D eigenvalue weighted by molar-refractivity contribution is 0.103. The molecule has 0 atom stereocenters. The number of nitrogens with zero attached hydrogens (tertiary/aromatic N) is 2. The van der Waals surface area contributed by atoms with Gasteiger partial charge in [0.2, 0.25) is 0 Å². The number of benzene rings is 1. The summed E-state index contributed by atoms with van der Waals surface area (Å²) in [6.45, 7) is 1.77. The molecule has 0 bridgehead atoms. The van der Waals surface area contributed by atoms with Crippen LogP contribution in [0, 0.1) is 12.7 Å². The number of amides is 1. The number of rotatable bonds is 2. The van der Waals surface area contributed by atoms with Gasteiger partial charge >= 0.3 is 0 Å². The van der Waals surface area contributed by atoms with E-state index in [1.807, 2.05) is 0 Å². The number of fused-ring (bicyclic) bond motifs is 1. The van der Waals surface area contributed by atoms with Crippen LogP contribution in [0.2, 0.25) is 0 Å². The lowest BCUT2D eigenvalue weighted by Crippen LogP contribution is -2.13. The Bertz CT molecular complexity index is 846. The Morgan fingerprint density at radius 2 is 2.10 bits per heavy atom. The molecular formula is C14H11FN4OS. The highest BCUT2D eigenvalue weighted by Crippen LogP contribution is 2.31. The molecule has 1 aromatic carbocycles. The van der Waals surface area contributed by atoms with E-state index in [0.717, 1.165) is 16.9 Å². The number of carbonyl (C=O) groups is 1. The molecule has 3 N–H and O–H groups in total. The Kier molecular flexibility index (Phi) is 3.26. The van der Waals surface area contributed by atoms with Crippen LogP contribution in [-0.4, -0.2) is 15.9 Å². The van der Waals surface area contributed by atoms with E-state index < -0.39 is 11.7 Å². The average Bonchev–Trinajstić information content (AvgIpc) is 2.80. The van der Waals surface area contributed by atoms with Crippen molar-refractivity contribution in [2.24, 2.45) is 0 Å². The maximum Gasteiger partial charge on any atom is 0.268 e. The number of nitrogen functional groups attached to an aromatic ring is 1. The van der Waals surface area contributed by atoms with E-state index in [0.29, 0.717) is 10.3 Å². The number of hydrogen-bond donors (Lipinski definition) is 2. The molecule has 21 heavy (non-hydrogen) atoms. The van der Waals surface area contributed by atoms with Crippen molar-refractivity contribution in [1.29, 1.82) is 0 Å². The summed E-state index contributed by atoms with van der Waals surface area (Å²) in [6.07, 6.45) is 3.03. The van der Waals surface area contributed by atoms with Crippen molar-refractivity contribution in [1.82, 2.24) is 9.97 Å². The molecule has 2 aromatic heterocycles. The number of hydrogen-bond acceptors (Lipinski definition) is 5. The fourth-order valence-corrected chi connectivity index (χ4v) is 2.83. The minimum atomic E-state index is -0.487. The zero-order valence-electron chi connectivity index (χ0n) is 11.1. The zero-order valence-corrected chi connectivity index (χ0v) is 11.9. The maximum absolute atomic E-state index is 13.8. The van der Waals surface area contributed by atoms with Gasteiger partial charge in [0, 0.05) is 12.4 Å². The Balaban J connectivity index is 1.95. The molecule has 0 aliphatic rings. The van der Waals surface area contributed by atoms with Crippen molar-refractivity contribution in [2.75, 3.05) is 11.1 Å². The first-order valence-corrected chi connectivity index (χ1v) is 6.94. The third kappa shape index (κ3) is 2.43. The highest BCUT2D eigenvalue weighted by Gasteiger charge is 2.18. The maximum atomic E-state index is 13.8. The zero-order chi connectivity index (χ0) is 15.0. The standard InChI is InChI=1S/C14H11FN4OS/c1-7-2-3-9(8(15)6-7)19-13(20)12-10(16)11-14(21-12)18-5-4-17-11/h2-6H,16H2,1H3,(H,19,20). The molecule has 7 heteroatoms. The van der Waals surface area contributed by atoms with Gasteiger partial charge in [0.15, 0.2) is 0 Å². The highest BCUT2D eigenvalue weighted by molar-refractivity contribution is 7.21. The first kappa shape index (κ1) is 13.4. The third-order valence-corrected chi connectivity index (χ3v) is 4.04. The van der Waals surface area contributed by atoms with E-state index in [9.17, 15) is 9.18 Å². The van der Waals surface area contributed by atoms with Crippen molar-refractivity contribution < 1.29 is 9.18 Å². The molecule has 0 saturated carbocycles. The molecule has 5 nitrogen and oxygen atoms in total. The molecule has 0 aliphatic heterocycles. The van der Waals surface area contributed by atoms with E-state index in [1.165, 1.54) is 24.5 Å². The summed E-state index contributed by atoms with van der Waals surface area (Å²) in [5, 5.41) is 2.52. The molecule has 2 heterocycles. The number of aryl methyl sites for hydroxylation is 1. The van der Waals surface area contributed by atoms with Gasteiger partial charge < -0.3 is 11.1 Å². The molecule has 106 valence electrons. The first-order valence-electron chi connectivity index (χ1n) is 6.13. The average molecular weight is 302 g/mol. The van der Waals surface area contributed by atoms with Crippen LogP contribution in [-0.2, 0) is 0 Å². The molecule has 0 spiro atoms. The number of halogens is 1. The monoisotopic (exact) mass is 302 g/mol. The van der Waals surface area contributed by atoms with Crippen LogP contribution >= 0.6 is 11.3 Å². The summed E-state index contributed by atoms with van der Waals surface area (Å²) < 4.78 is 13.8.